The molecule has 4 rings (SSSR count). The molecular weight excluding hydrogens is 362 g/mol. The van der Waals surface area contributed by atoms with Gasteiger partial charge in [0.25, 0.3) is 0 Å². The molecule has 0 spiro atoms. The van der Waals surface area contributed by atoms with Crippen molar-refractivity contribution in [1.29, 1.82) is 0 Å². The molecule has 27 heavy (non-hydrogen) atoms. The van der Waals surface area contributed by atoms with Crippen molar-refractivity contribution in [3.63, 3.8) is 0 Å². The van der Waals surface area contributed by atoms with Crippen molar-refractivity contribution in [1.82, 2.24) is 15.0 Å². The Morgan fingerprint density at radius 3 is 2.70 bits per heavy atom. The van der Waals surface area contributed by atoms with Crippen molar-refractivity contribution in [3.8, 4) is 11.6 Å². The summed E-state index contributed by atoms with van der Waals surface area (Å²) in [6.45, 7) is 0.482. The van der Waals surface area contributed by atoms with Gasteiger partial charge in [0.15, 0.2) is 11.6 Å². The quantitative estimate of drug-likeness (QED) is 0.525. The fraction of sp³-hybridized carbons (Fsp3) is 0.0500. The molecule has 4 aromatic rings. The first-order chi connectivity index (χ1) is 13.2. The number of hydrogen-bond acceptors (Lipinski definition) is 6. The molecule has 0 radical (unpaired) electrons. The van der Waals surface area contributed by atoms with Gasteiger partial charge in [0.05, 0.1) is 0 Å². The zero-order valence-corrected chi connectivity index (χ0v) is 15.0. The first-order valence-electron chi connectivity index (χ1n) is 8.32. The number of aromatic nitrogens is 3. The van der Waals surface area contributed by atoms with Gasteiger partial charge in [-0.3, -0.25) is 4.98 Å². The summed E-state index contributed by atoms with van der Waals surface area (Å²) in [5.74, 6) is 1.33. The molecule has 0 bridgehead atoms. The topological polar surface area (TPSA) is 86.0 Å². The number of halogens is 1. The number of nitrogen functional groups attached to an aromatic ring is 1. The van der Waals surface area contributed by atoms with Crippen LogP contribution in [0.1, 0.15) is 5.56 Å². The summed E-state index contributed by atoms with van der Waals surface area (Å²) in [6.07, 6.45) is 3.12. The van der Waals surface area contributed by atoms with Gasteiger partial charge in [-0.2, -0.15) is 4.98 Å². The fourth-order valence-corrected chi connectivity index (χ4v) is 2.89. The minimum Gasteiger partial charge on any atom is -0.435 e. The average molecular weight is 378 g/mol. The Morgan fingerprint density at radius 1 is 0.963 bits per heavy atom. The van der Waals surface area contributed by atoms with E-state index in [0.29, 0.717) is 28.8 Å². The number of pyridine rings is 1. The Morgan fingerprint density at radius 2 is 1.81 bits per heavy atom. The summed E-state index contributed by atoms with van der Waals surface area (Å²) < 4.78 is 5.93. The SMILES string of the molecule is Nc1c(NCc2ccccc2Cl)ncnc1Oc1cccc2cccnc12. The third-order valence-electron chi connectivity index (χ3n) is 4.05. The van der Waals surface area contributed by atoms with Gasteiger partial charge in [-0.1, -0.05) is 48.0 Å². The van der Waals surface area contributed by atoms with E-state index in [0.717, 1.165) is 16.5 Å². The highest BCUT2D eigenvalue weighted by Crippen LogP contribution is 2.32. The number of fused-ring (bicyclic) bond motifs is 1. The number of anilines is 2. The van der Waals surface area contributed by atoms with Gasteiger partial charge in [0.2, 0.25) is 5.88 Å². The van der Waals surface area contributed by atoms with Crippen molar-refractivity contribution < 1.29 is 4.74 Å². The predicted octanol–water partition coefficient (Wildman–Crippen LogP) is 4.66. The smallest absolute Gasteiger partial charge is 0.248 e. The summed E-state index contributed by atoms with van der Waals surface area (Å²) in [5.41, 5.74) is 8.21. The molecule has 7 heteroatoms. The molecular formula is C20H16ClN5O. The molecule has 0 atom stereocenters. The first-order valence-corrected chi connectivity index (χ1v) is 8.69. The molecule has 2 heterocycles. The zero-order valence-electron chi connectivity index (χ0n) is 14.3. The van der Waals surface area contributed by atoms with Crippen LogP contribution in [0.5, 0.6) is 11.6 Å². The van der Waals surface area contributed by atoms with Crippen LogP contribution in [0.4, 0.5) is 11.5 Å². The van der Waals surface area contributed by atoms with Crippen molar-refractivity contribution >= 4 is 34.0 Å². The maximum atomic E-state index is 6.21. The predicted molar refractivity (Wildman–Crippen MR) is 107 cm³/mol. The second kappa shape index (κ2) is 7.47. The number of benzene rings is 2. The van der Waals surface area contributed by atoms with Crippen molar-refractivity contribution in [2.45, 2.75) is 6.54 Å². The lowest BCUT2D eigenvalue weighted by molar-refractivity contribution is 0.469. The minimum absolute atomic E-state index is 0.268. The van der Waals surface area contributed by atoms with Crippen LogP contribution in [0.2, 0.25) is 5.02 Å². The number of rotatable bonds is 5. The lowest BCUT2D eigenvalue weighted by atomic mass is 10.2. The maximum Gasteiger partial charge on any atom is 0.248 e. The molecule has 0 aliphatic rings. The molecule has 2 aromatic carbocycles. The van der Waals surface area contributed by atoms with Gasteiger partial charge in [-0.05, 0) is 23.8 Å². The molecule has 0 unspecified atom stereocenters. The van der Waals surface area contributed by atoms with Crippen LogP contribution < -0.4 is 15.8 Å². The Balaban J connectivity index is 1.59. The first kappa shape index (κ1) is 17.1. The summed E-state index contributed by atoms with van der Waals surface area (Å²) in [6, 6.07) is 17.1. The number of nitrogens with one attached hydrogen (secondary N) is 1. The summed E-state index contributed by atoms with van der Waals surface area (Å²) in [7, 11) is 0. The Bertz CT molecular complexity index is 1100. The number of nitrogens with two attached hydrogens (primary N) is 1. The molecule has 0 saturated heterocycles. The third kappa shape index (κ3) is 3.61. The Hall–Kier alpha value is -3.38. The van der Waals surface area contributed by atoms with Gasteiger partial charge in [0, 0.05) is 23.2 Å². The molecule has 3 N–H and O–H groups in total. The highest BCUT2D eigenvalue weighted by atomic mass is 35.5. The van der Waals surface area contributed by atoms with Crippen LogP contribution in [0.3, 0.4) is 0 Å². The van der Waals surface area contributed by atoms with E-state index < -0.39 is 0 Å². The van der Waals surface area contributed by atoms with Crippen LogP contribution in [0, 0.1) is 0 Å². The zero-order chi connectivity index (χ0) is 18.6. The minimum atomic E-state index is 0.268. The normalized spacial score (nSPS) is 10.7. The Kier molecular flexibility index (Phi) is 4.72. The molecule has 2 aromatic heterocycles. The van der Waals surface area contributed by atoms with Crippen LogP contribution in [-0.4, -0.2) is 15.0 Å². The molecule has 0 aliphatic carbocycles. The number of nitrogens with zero attached hydrogens (tertiary/aromatic N) is 3. The third-order valence-corrected chi connectivity index (χ3v) is 4.42. The summed E-state index contributed by atoms with van der Waals surface area (Å²) in [5, 5.41) is 4.83. The fourth-order valence-electron chi connectivity index (χ4n) is 2.69. The summed E-state index contributed by atoms with van der Waals surface area (Å²) >= 11 is 6.19. The van der Waals surface area contributed by atoms with Crippen LogP contribution >= 0.6 is 11.6 Å². The van der Waals surface area contributed by atoms with Gasteiger partial charge >= 0.3 is 0 Å². The average Bonchev–Trinajstić information content (AvgIpc) is 2.70. The molecule has 134 valence electrons. The monoisotopic (exact) mass is 377 g/mol. The van der Waals surface area contributed by atoms with E-state index in [2.05, 4.69) is 20.3 Å². The van der Waals surface area contributed by atoms with Gasteiger partial charge < -0.3 is 15.8 Å². The standard InChI is InChI=1S/C20H16ClN5O/c21-15-8-2-1-5-14(15)11-24-19-17(22)20(26-12-25-19)27-16-9-3-6-13-7-4-10-23-18(13)16/h1-10,12H,11,22H2,(H,24,25,26). The second-order valence-corrected chi connectivity index (χ2v) is 6.23. The highest BCUT2D eigenvalue weighted by Gasteiger charge is 2.12. The molecule has 0 saturated carbocycles. The second-order valence-electron chi connectivity index (χ2n) is 5.82. The lowest BCUT2D eigenvalue weighted by Gasteiger charge is -2.13. The van der Waals surface area contributed by atoms with E-state index in [1.54, 1.807) is 6.20 Å². The Labute approximate surface area is 161 Å². The van der Waals surface area contributed by atoms with Gasteiger partial charge in [-0.25, -0.2) is 4.98 Å². The van der Waals surface area contributed by atoms with Gasteiger partial charge in [0.1, 0.15) is 17.5 Å². The lowest BCUT2D eigenvalue weighted by Crippen LogP contribution is -2.07. The highest BCUT2D eigenvalue weighted by molar-refractivity contribution is 6.31. The summed E-state index contributed by atoms with van der Waals surface area (Å²) in [4.78, 5) is 12.7. The molecule has 0 amide bonds. The van der Waals surface area contributed by atoms with Gasteiger partial charge in [-0.15, -0.1) is 0 Å². The molecule has 0 aliphatic heterocycles. The number of ether oxygens (including phenoxy) is 1. The van der Waals surface area contributed by atoms with Crippen LogP contribution in [0.15, 0.2) is 67.1 Å². The van der Waals surface area contributed by atoms with Crippen LogP contribution in [-0.2, 0) is 6.54 Å². The maximum absolute atomic E-state index is 6.21. The number of hydrogen-bond donors (Lipinski definition) is 2. The van der Waals surface area contributed by atoms with E-state index in [1.165, 1.54) is 6.33 Å². The van der Waals surface area contributed by atoms with E-state index in [4.69, 9.17) is 22.1 Å². The molecule has 6 nitrogen and oxygen atoms in total. The van der Waals surface area contributed by atoms with Crippen molar-refractivity contribution in [2.24, 2.45) is 0 Å². The van der Waals surface area contributed by atoms with E-state index in [9.17, 15) is 0 Å². The molecule has 0 fully saturated rings. The van der Waals surface area contributed by atoms with E-state index in [1.807, 2.05) is 54.6 Å². The van der Waals surface area contributed by atoms with Crippen LogP contribution in [0.25, 0.3) is 10.9 Å². The van der Waals surface area contributed by atoms with E-state index >= 15 is 0 Å². The largest absolute Gasteiger partial charge is 0.435 e. The van der Waals surface area contributed by atoms with E-state index in [-0.39, 0.29) is 5.88 Å². The van der Waals surface area contributed by atoms with Crippen molar-refractivity contribution in [3.05, 3.63) is 77.7 Å². The number of para-hydroxylation sites is 1. The van der Waals surface area contributed by atoms with Crippen molar-refractivity contribution in [2.75, 3.05) is 11.1 Å².